The second kappa shape index (κ2) is 10.2. The van der Waals surface area contributed by atoms with Crippen molar-refractivity contribution < 1.29 is 9.13 Å². The minimum absolute atomic E-state index is 0.0486. The Morgan fingerprint density at radius 3 is 2.45 bits per heavy atom. The fourth-order valence-electron chi connectivity index (χ4n) is 3.91. The first-order valence-electron chi connectivity index (χ1n) is 10.8. The van der Waals surface area contributed by atoms with E-state index in [4.69, 9.17) is 4.74 Å². The highest BCUT2D eigenvalue weighted by Gasteiger charge is 2.21. The number of hydrogen-bond acceptors (Lipinski definition) is 5. The van der Waals surface area contributed by atoms with Gasteiger partial charge < -0.3 is 14.5 Å². The molecule has 164 valence electrons. The monoisotopic (exact) mass is 439 g/mol. The maximum atomic E-state index is 13.2. The van der Waals surface area contributed by atoms with Gasteiger partial charge in [0, 0.05) is 75.6 Å². The fraction of sp³-hybridized carbons (Fsp3) is 0.360. The van der Waals surface area contributed by atoms with Gasteiger partial charge in [-0.25, -0.2) is 4.39 Å². The van der Waals surface area contributed by atoms with E-state index < -0.39 is 0 Å². The van der Waals surface area contributed by atoms with Crippen molar-refractivity contribution in [2.75, 3.05) is 56.6 Å². The van der Waals surface area contributed by atoms with Crippen molar-refractivity contribution in [1.82, 2.24) is 4.90 Å². The molecule has 0 spiro atoms. The summed E-state index contributed by atoms with van der Waals surface area (Å²) in [4.78, 5) is 8.18. The van der Waals surface area contributed by atoms with Gasteiger partial charge in [0.05, 0.1) is 0 Å². The quantitative estimate of drug-likeness (QED) is 0.475. The van der Waals surface area contributed by atoms with Gasteiger partial charge in [-0.05, 0) is 47.8 Å². The summed E-state index contributed by atoms with van der Waals surface area (Å²) < 4.78 is 19.6. The first kappa shape index (κ1) is 21.7. The molecule has 0 bridgehead atoms. The number of benzene rings is 2. The molecule has 1 aromatic heterocycles. The Hall–Kier alpha value is -2.57. The lowest BCUT2D eigenvalue weighted by molar-refractivity contribution is 0.163. The highest BCUT2D eigenvalue weighted by molar-refractivity contribution is 7.10. The molecule has 31 heavy (non-hydrogen) atoms. The van der Waals surface area contributed by atoms with Gasteiger partial charge in [0.1, 0.15) is 17.7 Å². The number of hydrogen-bond donors (Lipinski definition) is 0. The summed E-state index contributed by atoms with van der Waals surface area (Å²) in [5.74, 6) is 0.726. The first-order valence-corrected chi connectivity index (χ1v) is 11.7. The maximum Gasteiger partial charge on any atom is 0.134 e. The lowest BCUT2D eigenvalue weighted by Crippen LogP contribution is -2.46. The molecule has 1 aliphatic rings. The van der Waals surface area contributed by atoms with Gasteiger partial charge in [0.25, 0.3) is 0 Å². The number of piperazine rings is 1. The van der Waals surface area contributed by atoms with Crippen molar-refractivity contribution in [3.8, 4) is 5.75 Å². The molecular formula is C25H30FN3OS. The van der Waals surface area contributed by atoms with E-state index in [0.29, 0.717) is 0 Å². The molecule has 2 aromatic carbocycles. The van der Waals surface area contributed by atoms with Crippen LogP contribution < -0.4 is 14.5 Å². The van der Waals surface area contributed by atoms with Gasteiger partial charge in [-0.2, -0.15) is 0 Å². The third kappa shape index (κ3) is 5.77. The van der Waals surface area contributed by atoms with Crippen LogP contribution in [0.4, 0.5) is 15.8 Å². The van der Waals surface area contributed by atoms with Crippen LogP contribution in [0.1, 0.15) is 17.4 Å². The average Bonchev–Trinajstić information content (AvgIpc) is 3.33. The Kier molecular flexibility index (Phi) is 7.10. The fourth-order valence-corrected chi connectivity index (χ4v) is 4.70. The summed E-state index contributed by atoms with van der Waals surface area (Å²) in [6.07, 6.45) is 0.996. The summed E-state index contributed by atoms with van der Waals surface area (Å²) in [5, 5.41) is 2.11. The summed E-state index contributed by atoms with van der Waals surface area (Å²) in [5.41, 5.74) is 2.24. The minimum atomic E-state index is -0.182. The number of nitrogens with zero attached hydrogens (tertiary/aromatic N) is 3. The number of halogens is 1. The Balaban J connectivity index is 1.34. The molecule has 3 aromatic rings. The summed E-state index contributed by atoms with van der Waals surface area (Å²) in [7, 11) is 4.09. The van der Waals surface area contributed by atoms with E-state index in [9.17, 15) is 4.39 Å². The van der Waals surface area contributed by atoms with Gasteiger partial charge >= 0.3 is 0 Å². The van der Waals surface area contributed by atoms with E-state index in [1.54, 1.807) is 11.3 Å². The first-order chi connectivity index (χ1) is 15.1. The van der Waals surface area contributed by atoms with E-state index in [2.05, 4.69) is 44.3 Å². The molecule has 4 nitrogen and oxygen atoms in total. The van der Waals surface area contributed by atoms with Crippen LogP contribution in [-0.2, 0) is 0 Å². The highest BCUT2D eigenvalue weighted by Crippen LogP contribution is 2.30. The van der Waals surface area contributed by atoms with E-state index in [-0.39, 0.29) is 11.9 Å². The summed E-state index contributed by atoms with van der Waals surface area (Å²) in [6.45, 7) is 4.92. The van der Waals surface area contributed by atoms with Crippen LogP contribution in [0.15, 0.2) is 66.0 Å². The molecule has 0 amide bonds. The SMILES string of the molecule is CN(C)c1cccc(OC(CCN2CCN(c3ccc(F)cc3)CC2)c2cccs2)c1. The number of anilines is 2. The van der Waals surface area contributed by atoms with Crippen molar-refractivity contribution in [1.29, 1.82) is 0 Å². The third-order valence-electron chi connectivity index (χ3n) is 5.74. The zero-order valence-corrected chi connectivity index (χ0v) is 19.0. The predicted molar refractivity (Wildman–Crippen MR) is 128 cm³/mol. The molecule has 0 saturated carbocycles. The van der Waals surface area contributed by atoms with E-state index >= 15 is 0 Å². The molecule has 6 heteroatoms. The smallest absolute Gasteiger partial charge is 0.134 e. The Morgan fingerprint density at radius 1 is 1.00 bits per heavy atom. The van der Waals surface area contributed by atoms with E-state index in [1.165, 1.54) is 17.0 Å². The average molecular weight is 440 g/mol. The van der Waals surface area contributed by atoms with Gasteiger partial charge in [-0.15, -0.1) is 11.3 Å². The van der Waals surface area contributed by atoms with Crippen LogP contribution in [-0.4, -0.2) is 51.7 Å². The maximum absolute atomic E-state index is 13.2. The van der Waals surface area contributed by atoms with Gasteiger partial charge in [-0.1, -0.05) is 12.1 Å². The van der Waals surface area contributed by atoms with Crippen LogP contribution in [0.3, 0.4) is 0 Å². The molecular weight excluding hydrogens is 409 g/mol. The van der Waals surface area contributed by atoms with Crippen molar-refractivity contribution >= 4 is 22.7 Å². The molecule has 1 atom stereocenters. The Bertz CT molecular complexity index is 938. The normalized spacial score (nSPS) is 15.6. The molecule has 1 unspecified atom stereocenters. The number of thiophene rings is 1. The van der Waals surface area contributed by atoms with E-state index in [1.807, 2.05) is 38.4 Å². The largest absolute Gasteiger partial charge is 0.485 e. The van der Waals surface area contributed by atoms with Gasteiger partial charge in [0.2, 0.25) is 0 Å². The van der Waals surface area contributed by atoms with Crippen molar-refractivity contribution in [2.24, 2.45) is 0 Å². The van der Waals surface area contributed by atoms with Crippen LogP contribution in [0.5, 0.6) is 5.75 Å². The lowest BCUT2D eigenvalue weighted by Gasteiger charge is -2.36. The number of ether oxygens (including phenoxy) is 1. The van der Waals surface area contributed by atoms with Crippen molar-refractivity contribution in [3.63, 3.8) is 0 Å². The Morgan fingerprint density at radius 2 is 1.77 bits per heavy atom. The molecule has 0 aliphatic carbocycles. The zero-order chi connectivity index (χ0) is 21.6. The van der Waals surface area contributed by atoms with E-state index in [0.717, 1.165) is 56.3 Å². The van der Waals surface area contributed by atoms with Crippen LogP contribution >= 0.6 is 11.3 Å². The highest BCUT2D eigenvalue weighted by atomic mass is 32.1. The van der Waals surface area contributed by atoms with Crippen molar-refractivity contribution in [3.05, 3.63) is 76.7 Å². The molecule has 2 heterocycles. The lowest BCUT2D eigenvalue weighted by atomic mass is 10.1. The van der Waals surface area contributed by atoms with Crippen LogP contribution in [0.25, 0.3) is 0 Å². The molecule has 1 fully saturated rings. The van der Waals surface area contributed by atoms with Crippen molar-refractivity contribution in [2.45, 2.75) is 12.5 Å². The number of rotatable bonds is 8. The molecule has 1 aliphatic heterocycles. The second-order valence-corrected chi connectivity index (χ2v) is 9.09. The third-order valence-corrected chi connectivity index (χ3v) is 6.71. The van der Waals surface area contributed by atoms with Gasteiger partial charge in [-0.3, -0.25) is 4.90 Å². The zero-order valence-electron chi connectivity index (χ0n) is 18.2. The molecule has 0 radical (unpaired) electrons. The minimum Gasteiger partial charge on any atom is -0.485 e. The predicted octanol–water partition coefficient (Wildman–Crippen LogP) is 5.29. The van der Waals surface area contributed by atoms with Crippen LogP contribution in [0.2, 0.25) is 0 Å². The second-order valence-electron chi connectivity index (χ2n) is 8.11. The summed E-state index contributed by atoms with van der Waals surface area (Å²) in [6, 6.07) is 19.3. The summed E-state index contributed by atoms with van der Waals surface area (Å²) >= 11 is 1.75. The molecule has 0 N–H and O–H groups in total. The molecule has 4 rings (SSSR count). The van der Waals surface area contributed by atoms with Gasteiger partial charge in [0.15, 0.2) is 0 Å². The Labute approximate surface area is 188 Å². The molecule has 1 saturated heterocycles. The standard InChI is InChI=1S/C25H30FN3OS/c1-27(2)22-5-3-6-23(19-22)30-24(25-7-4-18-31-25)12-13-28-14-16-29(17-15-28)21-10-8-20(26)9-11-21/h3-11,18-19,24H,12-17H2,1-2H3. The topological polar surface area (TPSA) is 19.0 Å². The van der Waals surface area contributed by atoms with Crippen LogP contribution in [0, 0.1) is 5.82 Å².